The maximum Gasteiger partial charge on any atom is 0.122 e. The van der Waals surface area contributed by atoms with Crippen LogP contribution in [0.1, 0.15) is 50.3 Å². The second-order valence-electron chi connectivity index (χ2n) is 6.55. The number of hydrogen-bond donors (Lipinski definition) is 2. The van der Waals surface area contributed by atoms with Gasteiger partial charge in [0.15, 0.2) is 0 Å². The minimum atomic E-state index is -0.0568. The number of phenols is 1. The van der Waals surface area contributed by atoms with E-state index < -0.39 is 0 Å². The predicted octanol–water partition coefficient (Wildman–Crippen LogP) is 3.03. The quantitative estimate of drug-likeness (QED) is 0.824. The molecule has 1 saturated carbocycles. The van der Waals surface area contributed by atoms with Crippen LogP contribution >= 0.6 is 0 Å². The highest BCUT2D eigenvalue weighted by molar-refractivity contribution is 5.49. The van der Waals surface area contributed by atoms with E-state index in [0.717, 1.165) is 36.0 Å². The fraction of sp³-hybridized carbons (Fsp3) is 0.600. The molecule has 1 aromatic rings. The standard InChI is InChI=1S/C15H23NO/c1-10-5-6-12(14(2,3)4)13(17)11(10)9-15(16)7-8-15/h5-6,17H,7-9,16H2,1-4H3. The normalized spacial score (nSPS) is 18.2. The first-order valence-corrected chi connectivity index (χ1v) is 6.34. The number of hydrogen-bond acceptors (Lipinski definition) is 2. The summed E-state index contributed by atoms with van der Waals surface area (Å²) in [6, 6.07) is 4.13. The highest BCUT2D eigenvalue weighted by atomic mass is 16.3. The first kappa shape index (κ1) is 12.4. The summed E-state index contributed by atoms with van der Waals surface area (Å²) < 4.78 is 0. The molecule has 2 heteroatoms. The molecule has 0 aromatic heterocycles. The van der Waals surface area contributed by atoms with Gasteiger partial charge in [-0.05, 0) is 48.3 Å². The van der Waals surface area contributed by atoms with Crippen LogP contribution in [0, 0.1) is 6.92 Å². The zero-order valence-corrected chi connectivity index (χ0v) is 11.3. The van der Waals surface area contributed by atoms with Gasteiger partial charge in [-0.1, -0.05) is 32.9 Å². The van der Waals surface area contributed by atoms with Crippen molar-refractivity contribution in [3.8, 4) is 5.75 Å². The third kappa shape index (κ3) is 2.47. The van der Waals surface area contributed by atoms with Crippen LogP contribution in [0.2, 0.25) is 0 Å². The number of aryl methyl sites for hydroxylation is 1. The molecule has 0 radical (unpaired) electrons. The van der Waals surface area contributed by atoms with E-state index in [1.807, 2.05) is 13.0 Å². The van der Waals surface area contributed by atoms with Crippen molar-refractivity contribution in [2.75, 3.05) is 0 Å². The molecule has 1 aliphatic rings. The van der Waals surface area contributed by atoms with Crippen molar-refractivity contribution >= 4 is 0 Å². The Labute approximate surface area is 104 Å². The minimum absolute atomic E-state index is 0.0299. The molecular weight excluding hydrogens is 210 g/mol. The summed E-state index contributed by atoms with van der Waals surface area (Å²) in [6.45, 7) is 8.41. The summed E-state index contributed by atoms with van der Waals surface area (Å²) in [5, 5.41) is 10.4. The van der Waals surface area contributed by atoms with Crippen LogP contribution in [0.4, 0.5) is 0 Å². The molecule has 3 N–H and O–H groups in total. The van der Waals surface area contributed by atoms with Crippen LogP contribution in [0.3, 0.4) is 0 Å². The second kappa shape index (κ2) is 3.74. The molecule has 0 unspecified atom stereocenters. The molecular formula is C15H23NO. The van der Waals surface area contributed by atoms with Crippen molar-refractivity contribution in [1.82, 2.24) is 0 Å². The van der Waals surface area contributed by atoms with Gasteiger partial charge in [0.25, 0.3) is 0 Å². The molecule has 17 heavy (non-hydrogen) atoms. The summed E-state index contributed by atoms with van der Waals surface area (Å²) >= 11 is 0. The first-order valence-electron chi connectivity index (χ1n) is 6.34. The highest BCUT2D eigenvalue weighted by Gasteiger charge is 2.39. The van der Waals surface area contributed by atoms with E-state index >= 15 is 0 Å². The van der Waals surface area contributed by atoms with Crippen LogP contribution < -0.4 is 5.73 Å². The van der Waals surface area contributed by atoms with Crippen molar-refractivity contribution in [3.05, 3.63) is 28.8 Å². The van der Waals surface area contributed by atoms with E-state index in [1.165, 1.54) is 0 Å². The van der Waals surface area contributed by atoms with Crippen molar-refractivity contribution in [2.24, 2.45) is 5.73 Å². The third-order valence-electron chi connectivity index (χ3n) is 3.75. The fourth-order valence-corrected chi connectivity index (χ4v) is 2.25. The summed E-state index contributed by atoms with van der Waals surface area (Å²) in [5.74, 6) is 0.453. The van der Waals surface area contributed by atoms with E-state index in [1.54, 1.807) is 0 Å². The lowest BCUT2D eigenvalue weighted by Crippen LogP contribution is -2.25. The third-order valence-corrected chi connectivity index (χ3v) is 3.75. The molecule has 94 valence electrons. The lowest BCUT2D eigenvalue weighted by Gasteiger charge is -2.24. The molecule has 0 bridgehead atoms. The Bertz CT molecular complexity index is 439. The number of rotatable bonds is 2. The van der Waals surface area contributed by atoms with Gasteiger partial charge in [-0.25, -0.2) is 0 Å². The molecule has 0 amide bonds. The Kier molecular flexibility index (Phi) is 2.74. The maximum absolute atomic E-state index is 10.4. The maximum atomic E-state index is 10.4. The van der Waals surface area contributed by atoms with Crippen LogP contribution in [0.15, 0.2) is 12.1 Å². The molecule has 2 nitrogen and oxygen atoms in total. The lowest BCUT2D eigenvalue weighted by molar-refractivity contribution is 0.436. The van der Waals surface area contributed by atoms with Gasteiger partial charge in [-0.2, -0.15) is 0 Å². The zero-order valence-electron chi connectivity index (χ0n) is 11.3. The molecule has 0 atom stereocenters. The van der Waals surface area contributed by atoms with Crippen molar-refractivity contribution < 1.29 is 5.11 Å². The van der Waals surface area contributed by atoms with E-state index in [2.05, 4.69) is 26.8 Å². The van der Waals surface area contributed by atoms with Crippen molar-refractivity contribution in [1.29, 1.82) is 0 Å². The van der Waals surface area contributed by atoms with Crippen molar-refractivity contribution in [2.45, 2.75) is 57.9 Å². The van der Waals surface area contributed by atoms with Gasteiger partial charge >= 0.3 is 0 Å². The summed E-state index contributed by atoms with van der Waals surface area (Å²) in [7, 11) is 0. The minimum Gasteiger partial charge on any atom is -0.507 e. The Morgan fingerprint density at radius 1 is 1.29 bits per heavy atom. The SMILES string of the molecule is Cc1ccc(C(C)(C)C)c(O)c1CC1(N)CC1. The molecule has 2 rings (SSSR count). The zero-order chi connectivity index (χ0) is 12.8. The average Bonchev–Trinajstić information content (AvgIpc) is 2.89. The summed E-state index contributed by atoms with van der Waals surface area (Å²) in [6.07, 6.45) is 2.95. The summed E-state index contributed by atoms with van der Waals surface area (Å²) in [5.41, 5.74) is 9.28. The van der Waals surface area contributed by atoms with Crippen LogP contribution in [0.5, 0.6) is 5.75 Å². The Hall–Kier alpha value is -1.02. The van der Waals surface area contributed by atoms with Gasteiger partial charge in [0.2, 0.25) is 0 Å². The van der Waals surface area contributed by atoms with Gasteiger partial charge in [-0.3, -0.25) is 0 Å². The van der Waals surface area contributed by atoms with Gasteiger partial charge in [-0.15, -0.1) is 0 Å². The van der Waals surface area contributed by atoms with Gasteiger partial charge in [0.05, 0.1) is 0 Å². The first-order chi connectivity index (χ1) is 7.73. The van der Waals surface area contributed by atoms with E-state index in [-0.39, 0.29) is 11.0 Å². The van der Waals surface area contributed by atoms with E-state index in [9.17, 15) is 5.11 Å². The average molecular weight is 233 g/mol. The Morgan fingerprint density at radius 2 is 1.88 bits per heavy atom. The molecule has 1 fully saturated rings. The van der Waals surface area contributed by atoms with E-state index in [4.69, 9.17) is 5.73 Å². The van der Waals surface area contributed by atoms with Gasteiger partial charge < -0.3 is 10.8 Å². The topological polar surface area (TPSA) is 46.2 Å². The molecule has 1 aromatic carbocycles. The fourth-order valence-electron chi connectivity index (χ4n) is 2.25. The van der Waals surface area contributed by atoms with Crippen LogP contribution in [-0.4, -0.2) is 10.6 Å². The number of nitrogens with two attached hydrogens (primary N) is 1. The predicted molar refractivity (Wildman–Crippen MR) is 71.4 cm³/mol. The number of aromatic hydroxyl groups is 1. The van der Waals surface area contributed by atoms with Crippen LogP contribution in [0.25, 0.3) is 0 Å². The lowest BCUT2D eigenvalue weighted by atomic mass is 9.83. The Balaban J connectivity index is 2.43. The highest BCUT2D eigenvalue weighted by Crippen LogP contribution is 2.41. The monoisotopic (exact) mass is 233 g/mol. The summed E-state index contributed by atoms with van der Waals surface area (Å²) in [4.78, 5) is 0. The van der Waals surface area contributed by atoms with E-state index in [0.29, 0.717) is 5.75 Å². The molecule has 0 heterocycles. The molecule has 1 aliphatic carbocycles. The van der Waals surface area contributed by atoms with Gasteiger partial charge in [0.1, 0.15) is 5.75 Å². The number of benzene rings is 1. The smallest absolute Gasteiger partial charge is 0.122 e. The second-order valence-corrected chi connectivity index (χ2v) is 6.55. The molecule has 0 aliphatic heterocycles. The number of phenolic OH excluding ortho intramolecular Hbond substituents is 1. The van der Waals surface area contributed by atoms with Crippen molar-refractivity contribution in [3.63, 3.8) is 0 Å². The largest absolute Gasteiger partial charge is 0.507 e. The Morgan fingerprint density at radius 3 is 2.35 bits per heavy atom. The molecule has 0 spiro atoms. The van der Waals surface area contributed by atoms with Crippen LogP contribution in [-0.2, 0) is 11.8 Å². The molecule has 0 saturated heterocycles. The van der Waals surface area contributed by atoms with Gasteiger partial charge in [0, 0.05) is 5.54 Å².